The SMILES string of the molecule is Nc1ccc2c(=O)n([C@H]3C[C@H](OP(=O)(O)OC[C@H]4O[C@@H](n5cnc6c(=O)[nH]c(N)nc65)C[C@H]4O)[C@@H](COP(=O)(O)O)O3)cnc2c1. The molecular weight excluding hydrogens is 658 g/mol. The fraction of sp³-hybridized carbons (Fsp3) is 0.435. The fourth-order valence-electron chi connectivity index (χ4n) is 5.22. The molecule has 2 saturated heterocycles. The van der Waals surface area contributed by atoms with E-state index < -0.39 is 76.8 Å². The number of H-pyrrole nitrogens is 1. The maximum Gasteiger partial charge on any atom is 0.472 e. The summed E-state index contributed by atoms with van der Waals surface area (Å²) in [6, 6.07) is 4.47. The van der Waals surface area contributed by atoms with Crippen LogP contribution >= 0.6 is 15.6 Å². The lowest BCUT2D eigenvalue weighted by Gasteiger charge is -2.22. The van der Waals surface area contributed by atoms with Gasteiger partial charge in [-0.25, -0.2) is 19.1 Å². The standard InChI is InChI=1S/C23H28N8O13P2/c24-10-1-2-11-12(3-10)26-8-31(22(11)34)18-5-14(16(43-18)7-40-45(35,36)37)44-46(38,39)41-6-15-13(32)4-17(42-15)30-9-27-19-20(30)28-23(25)29-21(19)33/h1-3,8-9,13-18,32H,4-7,24H2,(H,38,39)(H2,35,36,37)(H3,25,28,29,33)/t13-,14+,15-,16-,17-,18-/m1/s1. The lowest BCUT2D eigenvalue weighted by Crippen LogP contribution is -2.30. The van der Waals surface area contributed by atoms with Gasteiger partial charge in [0.05, 0.1) is 36.5 Å². The van der Waals surface area contributed by atoms with E-state index in [2.05, 4.69) is 24.5 Å². The second-order valence-electron chi connectivity index (χ2n) is 10.5. The number of nitrogens with one attached hydrogen (secondary N) is 1. The van der Waals surface area contributed by atoms with Crippen molar-refractivity contribution < 1.29 is 52.0 Å². The number of nitrogens with zero attached hydrogens (tertiary/aromatic N) is 5. The Hall–Kier alpha value is -3.59. The number of imidazole rings is 1. The molecule has 0 spiro atoms. The minimum absolute atomic E-state index is 0.0129. The van der Waals surface area contributed by atoms with Crippen molar-refractivity contribution in [1.29, 1.82) is 0 Å². The van der Waals surface area contributed by atoms with Gasteiger partial charge < -0.3 is 40.7 Å². The first-order valence-electron chi connectivity index (χ1n) is 13.5. The van der Waals surface area contributed by atoms with Crippen LogP contribution in [0.3, 0.4) is 0 Å². The molecule has 2 aliphatic rings. The zero-order valence-corrected chi connectivity index (χ0v) is 25.2. The number of aromatic amines is 1. The highest BCUT2D eigenvalue weighted by Gasteiger charge is 2.44. The summed E-state index contributed by atoms with van der Waals surface area (Å²) in [5.41, 5.74) is 11.1. The van der Waals surface area contributed by atoms with Crippen LogP contribution in [0.2, 0.25) is 0 Å². The Bertz CT molecular complexity index is 2000. The second kappa shape index (κ2) is 12.2. The van der Waals surface area contributed by atoms with Crippen LogP contribution in [0.15, 0.2) is 40.4 Å². The summed E-state index contributed by atoms with van der Waals surface area (Å²) in [6.45, 7) is -1.41. The number of aliphatic hydroxyl groups excluding tert-OH is 1. The first-order chi connectivity index (χ1) is 21.7. The van der Waals surface area contributed by atoms with Gasteiger partial charge in [-0.15, -0.1) is 0 Å². The molecule has 21 nitrogen and oxygen atoms in total. The Labute approximate surface area is 256 Å². The number of ether oxygens (including phenoxy) is 2. The normalized spacial score (nSPS) is 26.6. The number of aromatic nitrogens is 6. The van der Waals surface area contributed by atoms with E-state index >= 15 is 0 Å². The van der Waals surface area contributed by atoms with Gasteiger partial charge in [-0.2, -0.15) is 4.98 Å². The number of hydrogen-bond acceptors (Lipinski definition) is 15. The summed E-state index contributed by atoms with van der Waals surface area (Å²) in [5.74, 6) is -0.161. The van der Waals surface area contributed by atoms with E-state index in [0.29, 0.717) is 11.2 Å². The zero-order valence-electron chi connectivity index (χ0n) is 23.4. The molecule has 2 aliphatic heterocycles. The Balaban J connectivity index is 1.15. The molecule has 7 atom stereocenters. The van der Waals surface area contributed by atoms with Crippen molar-refractivity contribution in [2.75, 3.05) is 24.7 Å². The van der Waals surface area contributed by atoms with Crippen molar-refractivity contribution in [3.63, 3.8) is 0 Å². The average molecular weight is 686 g/mol. The van der Waals surface area contributed by atoms with Crippen molar-refractivity contribution in [2.24, 2.45) is 0 Å². The van der Waals surface area contributed by atoms with E-state index in [1.54, 1.807) is 0 Å². The van der Waals surface area contributed by atoms with E-state index in [1.165, 1.54) is 35.4 Å². The molecule has 0 radical (unpaired) electrons. The van der Waals surface area contributed by atoms with Crippen molar-refractivity contribution in [2.45, 2.75) is 49.7 Å². The predicted molar refractivity (Wildman–Crippen MR) is 155 cm³/mol. The van der Waals surface area contributed by atoms with Crippen molar-refractivity contribution >= 4 is 49.3 Å². The van der Waals surface area contributed by atoms with Crippen molar-refractivity contribution in [1.82, 2.24) is 29.1 Å². The lowest BCUT2D eigenvalue weighted by atomic mass is 10.2. The van der Waals surface area contributed by atoms with E-state index in [9.17, 15) is 38.5 Å². The predicted octanol–water partition coefficient (Wildman–Crippen LogP) is -0.758. The van der Waals surface area contributed by atoms with Crippen molar-refractivity contribution in [3.8, 4) is 0 Å². The van der Waals surface area contributed by atoms with E-state index in [-0.39, 0.29) is 35.3 Å². The highest BCUT2D eigenvalue weighted by atomic mass is 31.2. The number of phosphoric ester groups is 2. The molecule has 1 unspecified atom stereocenters. The highest BCUT2D eigenvalue weighted by molar-refractivity contribution is 7.47. The summed E-state index contributed by atoms with van der Waals surface area (Å²) in [4.78, 5) is 68.7. The minimum Gasteiger partial charge on any atom is -0.399 e. The third-order valence-electron chi connectivity index (χ3n) is 7.34. The molecule has 23 heteroatoms. The minimum atomic E-state index is -4.99. The topological polar surface area (TPSA) is 312 Å². The molecule has 6 rings (SSSR count). The van der Waals surface area contributed by atoms with Crippen LogP contribution in [0.1, 0.15) is 25.3 Å². The van der Waals surface area contributed by atoms with Gasteiger partial charge in [0.25, 0.3) is 11.1 Å². The van der Waals surface area contributed by atoms with Gasteiger partial charge in [-0.05, 0) is 18.2 Å². The van der Waals surface area contributed by atoms with Gasteiger partial charge in [0.2, 0.25) is 5.95 Å². The molecule has 248 valence electrons. The second-order valence-corrected chi connectivity index (χ2v) is 13.1. The van der Waals surface area contributed by atoms with Gasteiger partial charge in [0.15, 0.2) is 11.2 Å². The maximum absolute atomic E-state index is 13.1. The van der Waals surface area contributed by atoms with Gasteiger partial charge in [-0.3, -0.25) is 37.3 Å². The number of fused-ring (bicyclic) bond motifs is 2. The third kappa shape index (κ3) is 6.75. The van der Waals surface area contributed by atoms with Crippen LogP contribution in [0.5, 0.6) is 0 Å². The summed E-state index contributed by atoms with van der Waals surface area (Å²) >= 11 is 0. The third-order valence-corrected chi connectivity index (χ3v) is 8.84. The molecule has 0 amide bonds. The Kier molecular flexibility index (Phi) is 8.59. The quantitative estimate of drug-likeness (QED) is 0.0796. The van der Waals surface area contributed by atoms with Crippen LogP contribution < -0.4 is 22.6 Å². The number of anilines is 2. The number of benzene rings is 1. The lowest BCUT2D eigenvalue weighted by molar-refractivity contribution is -0.0557. The van der Waals surface area contributed by atoms with Gasteiger partial charge >= 0.3 is 15.6 Å². The van der Waals surface area contributed by atoms with E-state index in [0.717, 1.165) is 4.57 Å². The number of phosphoric acid groups is 2. The molecular formula is C23H28N8O13P2. The fourth-order valence-corrected chi connectivity index (χ4v) is 6.52. The molecule has 1 aromatic carbocycles. The monoisotopic (exact) mass is 686 g/mol. The van der Waals surface area contributed by atoms with E-state index in [1.807, 2.05) is 0 Å². The number of nitrogen functional groups attached to an aromatic ring is 2. The molecule has 9 N–H and O–H groups in total. The largest absolute Gasteiger partial charge is 0.472 e. The summed E-state index contributed by atoms with van der Waals surface area (Å²) in [5, 5.41) is 10.8. The number of hydrogen-bond donors (Lipinski definition) is 7. The van der Waals surface area contributed by atoms with Gasteiger partial charge in [0, 0.05) is 18.5 Å². The van der Waals surface area contributed by atoms with Crippen LogP contribution in [0.4, 0.5) is 11.6 Å². The molecule has 5 heterocycles. The van der Waals surface area contributed by atoms with Crippen LogP contribution in [-0.4, -0.2) is 86.5 Å². The number of aliphatic hydroxyl groups is 1. The Morgan fingerprint density at radius 1 is 0.978 bits per heavy atom. The molecule has 4 aromatic rings. The molecule has 0 bridgehead atoms. The van der Waals surface area contributed by atoms with E-state index in [4.69, 9.17) is 30.0 Å². The number of rotatable bonds is 10. The molecule has 46 heavy (non-hydrogen) atoms. The van der Waals surface area contributed by atoms with Gasteiger partial charge in [0.1, 0.15) is 37.1 Å². The van der Waals surface area contributed by atoms with Gasteiger partial charge in [-0.1, -0.05) is 0 Å². The Morgan fingerprint density at radius 3 is 2.43 bits per heavy atom. The smallest absolute Gasteiger partial charge is 0.399 e. The first kappa shape index (κ1) is 32.4. The highest BCUT2D eigenvalue weighted by Crippen LogP contribution is 2.49. The molecule has 0 aliphatic carbocycles. The molecule has 2 fully saturated rings. The molecule has 0 saturated carbocycles. The average Bonchev–Trinajstić information content (AvgIpc) is 3.67. The first-order valence-corrected chi connectivity index (χ1v) is 16.5. The van der Waals surface area contributed by atoms with Crippen LogP contribution in [0.25, 0.3) is 22.1 Å². The summed E-state index contributed by atoms with van der Waals surface area (Å²) in [6.07, 6.45) is -4.88. The molecule has 3 aromatic heterocycles. The van der Waals surface area contributed by atoms with Crippen LogP contribution in [-0.2, 0) is 32.2 Å². The number of nitrogens with two attached hydrogens (primary N) is 2. The zero-order chi connectivity index (χ0) is 33.0. The van der Waals surface area contributed by atoms with Crippen molar-refractivity contribution in [3.05, 3.63) is 51.6 Å². The summed E-state index contributed by atoms with van der Waals surface area (Å²) in [7, 11) is -9.95. The maximum atomic E-state index is 13.1. The van der Waals surface area contributed by atoms with Crippen LogP contribution in [0, 0.1) is 0 Å². The summed E-state index contributed by atoms with van der Waals surface area (Å²) < 4.78 is 53.3. The Morgan fingerprint density at radius 2 is 1.67 bits per heavy atom.